The second kappa shape index (κ2) is 6.58. The Hall–Kier alpha value is 0.610. The van der Waals surface area contributed by atoms with Crippen molar-refractivity contribution in [1.29, 1.82) is 0 Å². The highest BCUT2D eigenvalue weighted by atomic mass is 79.9. The van der Waals surface area contributed by atoms with E-state index in [4.69, 9.17) is 0 Å². The zero-order chi connectivity index (χ0) is 14.0. The minimum Gasteiger partial charge on any atom is -0.345 e. The van der Waals surface area contributed by atoms with Gasteiger partial charge in [0.05, 0.1) is 14.2 Å². The molecule has 0 radical (unpaired) electrons. The maximum atomic E-state index is 12.4. The highest BCUT2D eigenvalue weighted by Gasteiger charge is 2.35. The number of thiophene rings is 1. The highest BCUT2D eigenvalue weighted by Crippen LogP contribution is 2.35. The Morgan fingerprint density at radius 2 is 2.11 bits per heavy atom. The van der Waals surface area contributed by atoms with Gasteiger partial charge in [-0.05, 0) is 69.5 Å². The Balaban J connectivity index is 2.08. The van der Waals surface area contributed by atoms with E-state index >= 15 is 0 Å². The predicted octanol–water partition coefficient (Wildman–Crippen LogP) is 5.35. The molecule has 0 unspecified atom stereocenters. The summed E-state index contributed by atoms with van der Waals surface area (Å²) < 4.78 is 1.90. The van der Waals surface area contributed by atoms with Gasteiger partial charge in [0.15, 0.2) is 0 Å². The van der Waals surface area contributed by atoms with Crippen LogP contribution in [0.2, 0.25) is 0 Å². The molecule has 6 heteroatoms. The van der Waals surface area contributed by atoms with Crippen LogP contribution in [0.3, 0.4) is 0 Å². The highest BCUT2D eigenvalue weighted by molar-refractivity contribution is 9.13. The summed E-state index contributed by atoms with van der Waals surface area (Å²) in [6.07, 6.45) is 4.48. The maximum Gasteiger partial charge on any atom is 0.261 e. The van der Waals surface area contributed by atoms with Crippen LogP contribution in [0.15, 0.2) is 14.3 Å². The Morgan fingerprint density at radius 1 is 1.47 bits per heavy atom. The van der Waals surface area contributed by atoms with Gasteiger partial charge in [0.25, 0.3) is 5.91 Å². The standard InChI is InChI=1S/C13H16Br3NOS/c1-8-2-4-13(7-14,5-3-8)17-12(18)10-6-9(15)11(16)19-10/h6,8H,2-5,7H2,1H3,(H,17,18). The van der Waals surface area contributed by atoms with Gasteiger partial charge in [-0.3, -0.25) is 4.79 Å². The van der Waals surface area contributed by atoms with E-state index in [0.29, 0.717) is 0 Å². The van der Waals surface area contributed by atoms with E-state index in [1.165, 1.54) is 24.2 Å². The van der Waals surface area contributed by atoms with Crippen LogP contribution in [0, 0.1) is 5.92 Å². The smallest absolute Gasteiger partial charge is 0.261 e. The van der Waals surface area contributed by atoms with Gasteiger partial charge in [0.2, 0.25) is 0 Å². The van der Waals surface area contributed by atoms with Crippen molar-refractivity contribution in [2.24, 2.45) is 5.92 Å². The van der Waals surface area contributed by atoms with E-state index in [-0.39, 0.29) is 11.4 Å². The Labute approximate surface area is 143 Å². The van der Waals surface area contributed by atoms with Crippen molar-refractivity contribution >= 4 is 65.0 Å². The molecule has 0 bridgehead atoms. The molecule has 1 aliphatic rings. The molecular weight excluding hydrogens is 458 g/mol. The first-order valence-electron chi connectivity index (χ1n) is 6.29. The molecule has 1 aliphatic carbocycles. The number of nitrogens with one attached hydrogen (secondary N) is 1. The lowest BCUT2D eigenvalue weighted by Crippen LogP contribution is -2.51. The molecule has 2 rings (SSSR count). The third-order valence-corrected chi connectivity index (χ3v) is 8.06. The van der Waals surface area contributed by atoms with Crippen LogP contribution in [0.1, 0.15) is 42.3 Å². The van der Waals surface area contributed by atoms with Crippen molar-refractivity contribution in [1.82, 2.24) is 5.32 Å². The number of amides is 1. The van der Waals surface area contributed by atoms with E-state index in [0.717, 1.165) is 37.2 Å². The maximum absolute atomic E-state index is 12.4. The summed E-state index contributed by atoms with van der Waals surface area (Å²) in [5.74, 6) is 0.805. The van der Waals surface area contributed by atoms with E-state index in [2.05, 4.69) is 60.0 Å². The average Bonchev–Trinajstić information content (AvgIpc) is 2.73. The summed E-state index contributed by atoms with van der Waals surface area (Å²) in [7, 11) is 0. The van der Waals surface area contributed by atoms with Crippen LogP contribution in [-0.4, -0.2) is 16.8 Å². The molecule has 1 aromatic heterocycles. The van der Waals surface area contributed by atoms with Gasteiger partial charge in [-0.15, -0.1) is 11.3 Å². The monoisotopic (exact) mass is 471 g/mol. The van der Waals surface area contributed by atoms with Gasteiger partial charge in [-0.1, -0.05) is 22.9 Å². The molecule has 0 saturated heterocycles. The van der Waals surface area contributed by atoms with Crippen LogP contribution >= 0.6 is 59.1 Å². The summed E-state index contributed by atoms with van der Waals surface area (Å²) in [6.45, 7) is 2.29. The minimum atomic E-state index is -0.0768. The first-order valence-corrected chi connectivity index (χ1v) is 9.81. The third-order valence-electron chi connectivity index (χ3n) is 3.73. The number of carbonyl (C=O) groups is 1. The molecule has 19 heavy (non-hydrogen) atoms. The number of halogens is 3. The van der Waals surface area contributed by atoms with Crippen molar-refractivity contribution < 1.29 is 4.79 Å². The van der Waals surface area contributed by atoms with E-state index in [1.54, 1.807) is 0 Å². The molecule has 0 aliphatic heterocycles. The van der Waals surface area contributed by atoms with E-state index in [1.807, 2.05) is 6.07 Å². The van der Waals surface area contributed by atoms with Crippen LogP contribution < -0.4 is 5.32 Å². The fourth-order valence-corrected chi connectivity index (χ4v) is 5.00. The Kier molecular flexibility index (Phi) is 5.54. The summed E-state index contributed by atoms with van der Waals surface area (Å²) in [5.41, 5.74) is -0.0768. The lowest BCUT2D eigenvalue weighted by molar-refractivity contribution is 0.0878. The number of rotatable bonds is 3. The lowest BCUT2D eigenvalue weighted by Gasteiger charge is -2.38. The summed E-state index contributed by atoms with van der Waals surface area (Å²) >= 11 is 11.9. The molecule has 1 heterocycles. The van der Waals surface area contributed by atoms with Crippen molar-refractivity contribution in [2.75, 3.05) is 5.33 Å². The van der Waals surface area contributed by atoms with Crippen molar-refractivity contribution in [3.8, 4) is 0 Å². The average molecular weight is 474 g/mol. The fourth-order valence-electron chi connectivity index (χ4n) is 2.37. The van der Waals surface area contributed by atoms with Crippen LogP contribution in [0.5, 0.6) is 0 Å². The normalized spacial score (nSPS) is 27.3. The van der Waals surface area contributed by atoms with Gasteiger partial charge < -0.3 is 5.32 Å². The van der Waals surface area contributed by atoms with Crippen molar-refractivity contribution in [2.45, 2.75) is 38.1 Å². The molecule has 2 nitrogen and oxygen atoms in total. The fraction of sp³-hybridized carbons (Fsp3) is 0.615. The van der Waals surface area contributed by atoms with Crippen LogP contribution in [-0.2, 0) is 0 Å². The first-order chi connectivity index (χ1) is 8.96. The number of hydrogen-bond donors (Lipinski definition) is 1. The van der Waals surface area contributed by atoms with Crippen LogP contribution in [0.25, 0.3) is 0 Å². The molecule has 0 aromatic carbocycles. The van der Waals surface area contributed by atoms with Gasteiger partial charge >= 0.3 is 0 Å². The molecule has 0 atom stereocenters. The topological polar surface area (TPSA) is 29.1 Å². The Morgan fingerprint density at radius 3 is 2.58 bits per heavy atom. The number of alkyl halides is 1. The summed E-state index contributed by atoms with van der Waals surface area (Å²) in [5, 5.41) is 4.07. The van der Waals surface area contributed by atoms with Crippen molar-refractivity contribution in [3.63, 3.8) is 0 Å². The number of carbonyl (C=O) groups excluding carboxylic acids is 1. The van der Waals surface area contributed by atoms with Gasteiger partial charge in [0.1, 0.15) is 0 Å². The molecule has 1 aromatic rings. The molecule has 1 fully saturated rings. The van der Waals surface area contributed by atoms with E-state index in [9.17, 15) is 4.79 Å². The van der Waals surface area contributed by atoms with Gasteiger partial charge in [0, 0.05) is 9.80 Å². The molecule has 106 valence electrons. The molecule has 1 N–H and O–H groups in total. The second-order valence-corrected chi connectivity index (χ2v) is 9.07. The third kappa shape index (κ3) is 3.83. The molecule has 1 amide bonds. The quantitative estimate of drug-likeness (QED) is 0.589. The summed E-state index contributed by atoms with van der Waals surface area (Å²) in [6, 6.07) is 1.87. The van der Waals surface area contributed by atoms with Crippen LogP contribution in [0.4, 0.5) is 0 Å². The van der Waals surface area contributed by atoms with Crippen molar-refractivity contribution in [3.05, 3.63) is 19.2 Å². The van der Waals surface area contributed by atoms with Gasteiger partial charge in [-0.2, -0.15) is 0 Å². The largest absolute Gasteiger partial charge is 0.345 e. The first kappa shape index (κ1) is 16.0. The van der Waals surface area contributed by atoms with E-state index < -0.39 is 0 Å². The predicted molar refractivity (Wildman–Crippen MR) is 91.3 cm³/mol. The zero-order valence-corrected chi connectivity index (χ0v) is 16.2. The zero-order valence-electron chi connectivity index (χ0n) is 10.6. The SMILES string of the molecule is CC1CCC(CBr)(NC(=O)c2cc(Br)c(Br)s2)CC1. The van der Waals surface area contributed by atoms with Gasteiger partial charge in [-0.25, -0.2) is 0 Å². The molecule has 1 saturated carbocycles. The number of hydrogen-bond acceptors (Lipinski definition) is 2. The lowest BCUT2D eigenvalue weighted by atomic mass is 9.78. The Bertz CT molecular complexity index is 447. The second-order valence-electron chi connectivity index (χ2n) is 5.28. The molecule has 0 spiro atoms. The summed E-state index contributed by atoms with van der Waals surface area (Å²) in [4.78, 5) is 13.1. The molecular formula is C13H16Br3NOS. The minimum absolute atomic E-state index is 0.0328.